The van der Waals surface area contributed by atoms with Crippen molar-refractivity contribution >= 4 is 0 Å². The van der Waals surface area contributed by atoms with Crippen molar-refractivity contribution in [2.24, 2.45) is 0 Å². The third-order valence-corrected chi connectivity index (χ3v) is 2.76. The van der Waals surface area contributed by atoms with Gasteiger partial charge < -0.3 is 4.74 Å². The summed E-state index contributed by atoms with van der Waals surface area (Å²) in [5, 5.41) is 0. The Balaban J connectivity index is 2.48. The van der Waals surface area contributed by atoms with E-state index in [9.17, 15) is 0 Å². The van der Waals surface area contributed by atoms with Gasteiger partial charge in [-0.25, -0.2) is 0 Å². The van der Waals surface area contributed by atoms with Gasteiger partial charge in [-0.05, 0) is 56.4 Å². The smallest absolute Gasteiger partial charge is 0.122 e. The highest BCUT2D eigenvalue weighted by atomic mass is 16.5. The van der Waals surface area contributed by atoms with Crippen molar-refractivity contribution in [3.63, 3.8) is 0 Å². The maximum absolute atomic E-state index is 5.75. The number of ether oxygens (including phenoxy) is 1. The topological polar surface area (TPSA) is 9.23 Å². The molecule has 0 aliphatic carbocycles. The quantitative estimate of drug-likeness (QED) is 0.537. The lowest BCUT2D eigenvalue weighted by Crippen LogP contribution is -1.99. The van der Waals surface area contributed by atoms with Crippen LogP contribution in [0.1, 0.15) is 36.0 Å². The monoisotopic (exact) mass is 216 g/mol. The molecule has 0 atom stereocenters. The third kappa shape index (κ3) is 3.62. The van der Waals surface area contributed by atoms with E-state index in [2.05, 4.69) is 38.8 Å². The predicted molar refractivity (Wildman–Crippen MR) is 68.8 cm³/mol. The Morgan fingerprint density at radius 3 is 2.44 bits per heavy atom. The normalized spacial score (nSPS) is 9.88. The second kappa shape index (κ2) is 6.23. The molecule has 1 aromatic rings. The summed E-state index contributed by atoms with van der Waals surface area (Å²) in [6, 6.07) is 4.29. The van der Waals surface area contributed by atoms with E-state index in [1.807, 2.05) is 0 Å². The number of unbranched alkanes of at least 4 members (excludes halogenated alkanes) is 2. The second-order valence-corrected chi connectivity index (χ2v) is 4.21. The Morgan fingerprint density at radius 2 is 1.75 bits per heavy atom. The van der Waals surface area contributed by atoms with Gasteiger partial charge in [0.2, 0.25) is 0 Å². The molecule has 16 heavy (non-hydrogen) atoms. The zero-order valence-corrected chi connectivity index (χ0v) is 10.5. The van der Waals surface area contributed by atoms with Crippen LogP contribution in [0.25, 0.3) is 0 Å². The molecule has 1 rings (SSSR count). The minimum atomic E-state index is 0.755. The molecule has 0 N–H and O–H groups in total. The zero-order valence-electron chi connectivity index (χ0n) is 10.5. The fraction of sp³-hybridized carbons (Fsp3) is 0.467. The van der Waals surface area contributed by atoms with Crippen LogP contribution in [0.15, 0.2) is 12.1 Å². The average molecular weight is 216 g/mol. The Kier molecular flexibility index (Phi) is 4.92. The fourth-order valence-electron chi connectivity index (χ4n) is 1.60. The largest absolute Gasteiger partial charge is 0.493 e. The van der Waals surface area contributed by atoms with Crippen LogP contribution in [0.4, 0.5) is 0 Å². The van der Waals surface area contributed by atoms with E-state index in [0.29, 0.717) is 0 Å². The van der Waals surface area contributed by atoms with E-state index >= 15 is 0 Å². The highest BCUT2D eigenvalue weighted by Gasteiger charge is 2.02. The summed E-state index contributed by atoms with van der Waals surface area (Å²) in [5.74, 6) is 3.64. The molecular formula is C15H20O. The van der Waals surface area contributed by atoms with Gasteiger partial charge in [0.25, 0.3) is 0 Å². The SMILES string of the molecule is C#CCCCCOc1cc(C)c(C)cc1C. The van der Waals surface area contributed by atoms with Gasteiger partial charge in [-0.1, -0.05) is 6.07 Å². The van der Waals surface area contributed by atoms with Gasteiger partial charge in [0, 0.05) is 6.42 Å². The number of hydrogen-bond acceptors (Lipinski definition) is 1. The first-order valence-corrected chi connectivity index (χ1v) is 5.79. The molecule has 1 aromatic carbocycles. The Hall–Kier alpha value is -1.42. The third-order valence-electron chi connectivity index (χ3n) is 2.76. The maximum Gasteiger partial charge on any atom is 0.122 e. The Bertz CT molecular complexity index is 385. The highest BCUT2D eigenvalue weighted by molar-refractivity contribution is 5.40. The van der Waals surface area contributed by atoms with Crippen molar-refractivity contribution < 1.29 is 4.74 Å². The van der Waals surface area contributed by atoms with Crippen LogP contribution in [0.5, 0.6) is 5.75 Å². The van der Waals surface area contributed by atoms with Gasteiger partial charge in [-0.2, -0.15) is 0 Å². The molecule has 0 unspecified atom stereocenters. The molecule has 0 aromatic heterocycles. The molecule has 0 aliphatic heterocycles. The molecule has 0 radical (unpaired) electrons. The first-order valence-electron chi connectivity index (χ1n) is 5.79. The first-order chi connectivity index (χ1) is 7.65. The molecule has 0 saturated carbocycles. The molecule has 0 heterocycles. The summed E-state index contributed by atoms with van der Waals surface area (Å²) >= 11 is 0. The number of benzene rings is 1. The summed E-state index contributed by atoms with van der Waals surface area (Å²) in [5.41, 5.74) is 3.81. The highest BCUT2D eigenvalue weighted by Crippen LogP contribution is 2.22. The van der Waals surface area contributed by atoms with Crippen molar-refractivity contribution in [1.82, 2.24) is 0 Å². The molecule has 0 aliphatic rings. The lowest BCUT2D eigenvalue weighted by atomic mass is 10.1. The standard InChI is InChI=1S/C15H20O/c1-5-6-7-8-9-16-15-11-13(3)12(2)10-14(15)4/h1,10-11H,6-9H2,2-4H3. The molecule has 0 saturated heterocycles. The molecule has 0 bridgehead atoms. The van der Waals surface area contributed by atoms with Crippen molar-refractivity contribution in [2.75, 3.05) is 6.61 Å². The second-order valence-electron chi connectivity index (χ2n) is 4.21. The Morgan fingerprint density at radius 1 is 1.06 bits per heavy atom. The van der Waals surface area contributed by atoms with Crippen LogP contribution in [-0.4, -0.2) is 6.61 Å². The number of hydrogen-bond donors (Lipinski definition) is 0. The lowest BCUT2D eigenvalue weighted by molar-refractivity contribution is 0.305. The van der Waals surface area contributed by atoms with Gasteiger partial charge in [0.1, 0.15) is 5.75 Å². The summed E-state index contributed by atoms with van der Waals surface area (Å²) in [6.45, 7) is 7.08. The minimum Gasteiger partial charge on any atom is -0.493 e. The number of rotatable bonds is 5. The number of terminal acetylenes is 1. The summed E-state index contributed by atoms with van der Waals surface area (Å²) in [4.78, 5) is 0. The van der Waals surface area contributed by atoms with E-state index in [4.69, 9.17) is 11.2 Å². The lowest BCUT2D eigenvalue weighted by Gasteiger charge is -2.11. The molecule has 0 fully saturated rings. The van der Waals surface area contributed by atoms with Crippen molar-refractivity contribution in [3.05, 3.63) is 28.8 Å². The van der Waals surface area contributed by atoms with E-state index in [0.717, 1.165) is 31.6 Å². The van der Waals surface area contributed by atoms with Crippen molar-refractivity contribution in [1.29, 1.82) is 0 Å². The van der Waals surface area contributed by atoms with Crippen molar-refractivity contribution in [3.8, 4) is 18.1 Å². The van der Waals surface area contributed by atoms with Gasteiger partial charge in [0.15, 0.2) is 0 Å². The minimum absolute atomic E-state index is 0.755. The fourth-order valence-corrected chi connectivity index (χ4v) is 1.60. The summed E-state index contributed by atoms with van der Waals surface area (Å²) in [7, 11) is 0. The van der Waals surface area contributed by atoms with Crippen LogP contribution in [0.3, 0.4) is 0 Å². The molecule has 0 spiro atoms. The molecule has 1 nitrogen and oxygen atoms in total. The average Bonchev–Trinajstić information content (AvgIpc) is 2.25. The van der Waals surface area contributed by atoms with Crippen LogP contribution >= 0.6 is 0 Å². The van der Waals surface area contributed by atoms with Crippen LogP contribution < -0.4 is 4.74 Å². The van der Waals surface area contributed by atoms with Gasteiger partial charge in [-0.15, -0.1) is 12.3 Å². The zero-order chi connectivity index (χ0) is 12.0. The first kappa shape index (κ1) is 12.6. The van der Waals surface area contributed by atoms with Crippen LogP contribution in [0, 0.1) is 33.1 Å². The summed E-state index contributed by atoms with van der Waals surface area (Å²) < 4.78 is 5.75. The molecule has 0 amide bonds. The van der Waals surface area contributed by atoms with Crippen LogP contribution in [0.2, 0.25) is 0 Å². The summed E-state index contributed by atoms with van der Waals surface area (Å²) in [6.07, 6.45) is 8.10. The van der Waals surface area contributed by atoms with Gasteiger partial charge in [0.05, 0.1) is 6.61 Å². The van der Waals surface area contributed by atoms with E-state index in [1.165, 1.54) is 16.7 Å². The molecule has 86 valence electrons. The van der Waals surface area contributed by atoms with Gasteiger partial charge in [-0.3, -0.25) is 0 Å². The molecule has 1 heteroatoms. The van der Waals surface area contributed by atoms with E-state index in [-0.39, 0.29) is 0 Å². The number of aryl methyl sites for hydroxylation is 3. The predicted octanol–water partition coefficient (Wildman–Crippen LogP) is 3.79. The van der Waals surface area contributed by atoms with Crippen molar-refractivity contribution in [2.45, 2.75) is 40.0 Å². The Labute approximate surface area is 98.8 Å². The van der Waals surface area contributed by atoms with E-state index in [1.54, 1.807) is 0 Å². The molecular weight excluding hydrogens is 196 g/mol. The van der Waals surface area contributed by atoms with Crippen LogP contribution in [-0.2, 0) is 0 Å². The van der Waals surface area contributed by atoms with E-state index < -0.39 is 0 Å². The van der Waals surface area contributed by atoms with Gasteiger partial charge >= 0.3 is 0 Å². The maximum atomic E-state index is 5.75.